The molecule has 0 saturated carbocycles. The number of alkyl halides is 2. The van der Waals surface area contributed by atoms with Crippen LogP contribution in [0.25, 0.3) is 0 Å². The molecule has 0 saturated heterocycles. The number of benzene rings is 1. The van der Waals surface area contributed by atoms with Crippen LogP contribution in [0, 0.1) is 17.0 Å². The summed E-state index contributed by atoms with van der Waals surface area (Å²) in [5.74, 6) is -0.917. The Labute approximate surface area is 112 Å². The van der Waals surface area contributed by atoms with Crippen molar-refractivity contribution in [1.82, 2.24) is 0 Å². The Kier molecular flexibility index (Phi) is 5.38. The molecule has 1 aromatic rings. The van der Waals surface area contributed by atoms with Crippen LogP contribution in [0.4, 0.5) is 8.78 Å². The van der Waals surface area contributed by atoms with Crippen molar-refractivity contribution in [3.05, 3.63) is 35.4 Å². The van der Waals surface area contributed by atoms with Gasteiger partial charge in [-0.15, -0.1) is 0 Å². The molecule has 1 rings (SSSR count). The van der Waals surface area contributed by atoms with Gasteiger partial charge in [0.25, 0.3) is 0 Å². The highest BCUT2D eigenvalue weighted by molar-refractivity contribution is 9.09. The third-order valence-corrected chi connectivity index (χ3v) is 5.31. The minimum Gasteiger partial charge on any atom is -0.207 e. The SMILES string of the molecule is CCC(CBr)(CBr)Cc1c(F)cccc1F. The van der Waals surface area contributed by atoms with E-state index in [2.05, 4.69) is 31.9 Å². The predicted octanol–water partition coefficient (Wildman–Crippen LogP) is 4.69. The highest BCUT2D eigenvalue weighted by atomic mass is 79.9. The molecule has 90 valence electrons. The summed E-state index contributed by atoms with van der Waals surface area (Å²) in [5, 5.41) is 1.44. The van der Waals surface area contributed by atoms with Crippen LogP contribution >= 0.6 is 31.9 Å². The average molecular weight is 356 g/mol. The monoisotopic (exact) mass is 354 g/mol. The van der Waals surface area contributed by atoms with Crippen LogP contribution in [0.5, 0.6) is 0 Å². The zero-order valence-electron chi connectivity index (χ0n) is 9.07. The highest BCUT2D eigenvalue weighted by Crippen LogP contribution is 2.33. The first-order valence-corrected chi connectivity index (χ1v) is 7.37. The van der Waals surface area contributed by atoms with Crippen LogP contribution in [-0.2, 0) is 6.42 Å². The maximum atomic E-state index is 13.5. The second-order valence-electron chi connectivity index (χ2n) is 4.00. The third-order valence-electron chi connectivity index (χ3n) is 2.93. The summed E-state index contributed by atoms with van der Waals surface area (Å²) in [4.78, 5) is 0. The van der Waals surface area contributed by atoms with Gasteiger partial charge in [0.2, 0.25) is 0 Å². The summed E-state index contributed by atoms with van der Waals surface area (Å²) in [5.41, 5.74) is 0.0477. The summed E-state index contributed by atoms with van der Waals surface area (Å²) in [7, 11) is 0. The first-order chi connectivity index (χ1) is 7.58. The molecule has 0 unspecified atom stereocenters. The minimum atomic E-state index is -0.459. The minimum absolute atomic E-state index is 0.136. The van der Waals surface area contributed by atoms with Crippen molar-refractivity contribution in [3.8, 4) is 0 Å². The first kappa shape index (κ1) is 14.1. The molecular weight excluding hydrogens is 342 g/mol. The molecule has 4 heteroatoms. The van der Waals surface area contributed by atoms with Crippen molar-refractivity contribution >= 4 is 31.9 Å². The van der Waals surface area contributed by atoms with Gasteiger partial charge in [-0.3, -0.25) is 0 Å². The van der Waals surface area contributed by atoms with Gasteiger partial charge in [-0.2, -0.15) is 0 Å². The van der Waals surface area contributed by atoms with E-state index >= 15 is 0 Å². The fourth-order valence-electron chi connectivity index (χ4n) is 1.52. The van der Waals surface area contributed by atoms with Gasteiger partial charge in [-0.1, -0.05) is 44.8 Å². The Morgan fingerprint density at radius 2 is 1.62 bits per heavy atom. The Morgan fingerprint density at radius 1 is 1.12 bits per heavy atom. The molecule has 0 heterocycles. The normalized spacial score (nSPS) is 11.8. The van der Waals surface area contributed by atoms with E-state index in [1.807, 2.05) is 6.92 Å². The second kappa shape index (κ2) is 6.10. The number of hydrogen-bond acceptors (Lipinski definition) is 0. The molecule has 0 fully saturated rings. The molecule has 0 bridgehead atoms. The maximum Gasteiger partial charge on any atom is 0.129 e. The molecule has 1 aromatic carbocycles. The summed E-state index contributed by atoms with van der Waals surface area (Å²) in [6.45, 7) is 2.03. The molecule has 0 spiro atoms. The van der Waals surface area contributed by atoms with Crippen LogP contribution in [0.15, 0.2) is 18.2 Å². The molecule has 0 aliphatic heterocycles. The molecule has 0 nitrogen and oxygen atoms in total. The van der Waals surface area contributed by atoms with E-state index in [9.17, 15) is 8.78 Å². The molecule has 0 aliphatic rings. The smallest absolute Gasteiger partial charge is 0.129 e. The van der Waals surface area contributed by atoms with Gasteiger partial charge in [0.15, 0.2) is 0 Å². The predicted molar refractivity (Wildman–Crippen MR) is 70.4 cm³/mol. The lowest BCUT2D eigenvalue weighted by Gasteiger charge is -2.28. The molecule has 0 aliphatic carbocycles. The Morgan fingerprint density at radius 3 is 2.00 bits per heavy atom. The second-order valence-corrected chi connectivity index (χ2v) is 5.12. The van der Waals surface area contributed by atoms with Crippen LogP contribution in [0.2, 0.25) is 0 Å². The summed E-state index contributed by atoms with van der Waals surface area (Å²) in [6.07, 6.45) is 1.26. The number of rotatable bonds is 5. The van der Waals surface area contributed by atoms with Crippen LogP contribution < -0.4 is 0 Å². The van der Waals surface area contributed by atoms with Gasteiger partial charge in [0, 0.05) is 16.2 Å². The molecule has 0 amide bonds. The van der Waals surface area contributed by atoms with E-state index in [0.29, 0.717) is 6.42 Å². The molecule has 0 radical (unpaired) electrons. The molecule has 0 aromatic heterocycles. The van der Waals surface area contributed by atoms with Crippen molar-refractivity contribution in [2.45, 2.75) is 19.8 Å². The first-order valence-electron chi connectivity index (χ1n) is 5.13. The molecular formula is C12H14Br2F2. The van der Waals surface area contributed by atoms with Crippen molar-refractivity contribution in [2.24, 2.45) is 5.41 Å². The van der Waals surface area contributed by atoms with E-state index < -0.39 is 11.6 Å². The summed E-state index contributed by atoms with van der Waals surface area (Å²) >= 11 is 6.85. The third kappa shape index (κ3) is 3.04. The lowest BCUT2D eigenvalue weighted by atomic mass is 9.83. The standard InChI is InChI=1S/C12H14Br2F2/c1-2-12(7-13,8-14)6-9-10(15)4-3-5-11(9)16/h3-5H,2,6-8H2,1H3. The number of halogens is 4. The van der Waals surface area contributed by atoms with Crippen molar-refractivity contribution < 1.29 is 8.78 Å². The van der Waals surface area contributed by atoms with Gasteiger partial charge in [-0.05, 0) is 30.4 Å². The molecule has 16 heavy (non-hydrogen) atoms. The quantitative estimate of drug-likeness (QED) is 0.672. The number of hydrogen-bond donors (Lipinski definition) is 0. The Balaban J connectivity index is 3.02. The topological polar surface area (TPSA) is 0 Å². The van der Waals surface area contributed by atoms with Gasteiger partial charge in [0.1, 0.15) is 11.6 Å². The lowest BCUT2D eigenvalue weighted by Crippen LogP contribution is -2.27. The fraction of sp³-hybridized carbons (Fsp3) is 0.500. The van der Waals surface area contributed by atoms with Crippen LogP contribution in [0.3, 0.4) is 0 Å². The zero-order valence-corrected chi connectivity index (χ0v) is 12.2. The van der Waals surface area contributed by atoms with Crippen molar-refractivity contribution in [2.75, 3.05) is 10.7 Å². The molecule has 0 atom stereocenters. The van der Waals surface area contributed by atoms with E-state index in [4.69, 9.17) is 0 Å². The highest BCUT2D eigenvalue weighted by Gasteiger charge is 2.28. The van der Waals surface area contributed by atoms with E-state index in [0.717, 1.165) is 17.1 Å². The van der Waals surface area contributed by atoms with Gasteiger partial charge in [-0.25, -0.2) is 8.78 Å². The maximum absolute atomic E-state index is 13.5. The Hall–Kier alpha value is 0.0400. The van der Waals surface area contributed by atoms with Crippen LogP contribution in [0.1, 0.15) is 18.9 Å². The van der Waals surface area contributed by atoms with E-state index in [1.165, 1.54) is 18.2 Å². The summed E-state index contributed by atoms with van der Waals surface area (Å²) < 4.78 is 27.0. The zero-order chi connectivity index (χ0) is 12.2. The van der Waals surface area contributed by atoms with Gasteiger partial charge in [0.05, 0.1) is 0 Å². The largest absolute Gasteiger partial charge is 0.207 e. The fourth-order valence-corrected chi connectivity index (χ4v) is 3.64. The van der Waals surface area contributed by atoms with E-state index in [1.54, 1.807) is 0 Å². The van der Waals surface area contributed by atoms with E-state index in [-0.39, 0.29) is 11.0 Å². The lowest BCUT2D eigenvalue weighted by molar-refractivity contribution is 0.359. The van der Waals surface area contributed by atoms with Gasteiger partial charge >= 0.3 is 0 Å². The Bertz CT molecular complexity index is 320. The summed E-state index contributed by atoms with van der Waals surface area (Å²) in [6, 6.07) is 4.01. The van der Waals surface area contributed by atoms with Crippen molar-refractivity contribution in [3.63, 3.8) is 0 Å². The van der Waals surface area contributed by atoms with Crippen molar-refractivity contribution in [1.29, 1.82) is 0 Å². The average Bonchev–Trinajstić information content (AvgIpc) is 2.30. The van der Waals surface area contributed by atoms with Gasteiger partial charge < -0.3 is 0 Å². The molecule has 0 N–H and O–H groups in total. The van der Waals surface area contributed by atoms with Crippen LogP contribution in [-0.4, -0.2) is 10.7 Å².